The van der Waals surface area contributed by atoms with E-state index in [1.54, 1.807) is 30.5 Å². The van der Waals surface area contributed by atoms with Gasteiger partial charge in [-0.2, -0.15) is 0 Å². The monoisotopic (exact) mass is 462 g/mol. The minimum Gasteiger partial charge on any atom is -0.366 e. The molecule has 1 unspecified atom stereocenters. The number of sulfone groups is 1. The van der Waals surface area contributed by atoms with Crippen LogP contribution in [-0.2, 0) is 14.6 Å². The molecule has 1 atom stereocenters. The van der Waals surface area contributed by atoms with Crippen LogP contribution in [0.1, 0.15) is 12.0 Å². The SMILES string of the molecule is C=CCNc1nc2ccccn2c(=O)c1/C=C1/SC(=S)N(C2CCS(=O)(=O)C2)C1=O. The Bertz CT molecular complexity index is 1270. The van der Waals surface area contributed by atoms with Gasteiger partial charge in [-0.3, -0.25) is 18.9 Å². The van der Waals surface area contributed by atoms with Crippen molar-refractivity contribution in [3.8, 4) is 0 Å². The molecule has 2 aromatic rings. The van der Waals surface area contributed by atoms with E-state index in [1.807, 2.05) is 0 Å². The highest BCUT2D eigenvalue weighted by Gasteiger charge is 2.42. The van der Waals surface area contributed by atoms with E-state index >= 15 is 0 Å². The zero-order chi connectivity index (χ0) is 21.5. The van der Waals surface area contributed by atoms with Crippen molar-refractivity contribution in [3.63, 3.8) is 0 Å². The second-order valence-corrected chi connectivity index (χ2v) is 10.8. The van der Waals surface area contributed by atoms with Gasteiger partial charge >= 0.3 is 0 Å². The number of pyridine rings is 1. The van der Waals surface area contributed by atoms with Crippen molar-refractivity contribution in [2.24, 2.45) is 0 Å². The molecule has 0 saturated carbocycles. The van der Waals surface area contributed by atoms with Gasteiger partial charge in [-0.1, -0.05) is 36.1 Å². The van der Waals surface area contributed by atoms with Gasteiger partial charge in [0.1, 0.15) is 15.8 Å². The van der Waals surface area contributed by atoms with E-state index < -0.39 is 15.9 Å². The van der Waals surface area contributed by atoms with Crippen molar-refractivity contribution in [1.82, 2.24) is 14.3 Å². The Morgan fingerprint density at radius 3 is 2.87 bits per heavy atom. The van der Waals surface area contributed by atoms with Crippen molar-refractivity contribution in [2.45, 2.75) is 12.5 Å². The quantitative estimate of drug-likeness (QED) is 0.407. The Labute approximate surface area is 182 Å². The van der Waals surface area contributed by atoms with Gasteiger partial charge in [0.15, 0.2) is 9.84 Å². The molecule has 2 aliphatic heterocycles. The maximum atomic E-state index is 13.1. The molecule has 11 heteroatoms. The van der Waals surface area contributed by atoms with Crippen LogP contribution in [0.2, 0.25) is 0 Å². The molecule has 2 saturated heterocycles. The first kappa shape index (κ1) is 20.8. The summed E-state index contributed by atoms with van der Waals surface area (Å²) in [7, 11) is -3.17. The third-order valence-corrected chi connectivity index (χ3v) is 7.94. The normalized spacial score (nSPS) is 22.2. The maximum absolute atomic E-state index is 13.1. The van der Waals surface area contributed by atoms with E-state index in [0.29, 0.717) is 28.8 Å². The number of carbonyl (C=O) groups is 1. The lowest BCUT2D eigenvalue weighted by Gasteiger charge is -2.20. The van der Waals surface area contributed by atoms with E-state index in [2.05, 4.69) is 16.9 Å². The summed E-state index contributed by atoms with van der Waals surface area (Å²) < 4.78 is 25.3. The number of fused-ring (bicyclic) bond motifs is 1. The molecule has 30 heavy (non-hydrogen) atoms. The van der Waals surface area contributed by atoms with Gasteiger partial charge in [-0.15, -0.1) is 6.58 Å². The zero-order valence-corrected chi connectivity index (χ0v) is 18.2. The first-order valence-electron chi connectivity index (χ1n) is 9.14. The van der Waals surface area contributed by atoms with E-state index in [4.69, 9.17) is 12.2 Å². The molecule has 0 radical (unpaired) electrons. The molecule has 0 spiro atoms. The molecule has 1 N–H and O–H groups in total. The first-order chi connectivity index (χ1) is 14.3. The number of thioether (sulfide) groups is 1. The summed E-state index contributed by atoms with van der Waals surface area (Å²) in [5.74, 6) is -0.114. The van der Waals surface area contributed by atoms with Crippen LogP contribution >= 0.6 is 24.0 Å². The number of thiocarbonyl (C=S) groups is 1. The van der Waals surface area contributed by atoms with Gasteiger partial charge in [0.2, 0.25) is 0 Å². The second-order valence-electron chi connectivity index (χ2n) is 6.89. The largest absolute Gasteiger partial charge is 0.366 e. The van der Waals surface area contributed by atoms with Gasteiger partial charge < -0.3 is 5.32 Å². The van der Waals surface area contributed by atoms with Crippen molar-refractivity contribution in [2.75, 3.05) is 23.4 Å². The Morgan fingerprint density at radius 2 is 2.17 bits per heavy atom. The van der Waals surface area contributed by atoms with Crippen molar-refractivity contribution < 1.29 is 13.2 Å². The van der Waals surface area contributed by atoms with Crippen molar-refractivity contribution in [3.05, 3.63) is 57.9 Å². The molecule has 8 nitrogen and oxygen atoms in total. The van der Waals surface area contributed by atoms with E-state index in [9.17, 15) is 18.0 Å². The smallest absolute Gasteiger partial charge is 0.267 e. The summed E-state index contributed by atoms with van der Waals surface area (Å²) >= 11 is 6.40. The molecule has 4 rings (SSSR count). The van der Waals surface area contributed by atoms with Crippen LogP contribution in [0.5, 0.6) is 0 Å². The number of hydrogen-bond acceptors (Lipinski definition) is 8. The highest BCUT2D eigenvalue weighted by atomic mass is 32.2. The fraction of sp³-hybridized carbons (Fsp3) is 0.263. The molecule has 4 heterocycles. The fourth-order valence-corrected chi connectivity index (χ4v) is 6.52. The molecule has 2 aliphatic rings. The zero-order valence-electron chi connectivity index (χ0n) is 15.8. The molecule has 0 aromatic carbocycles. The van der Waals surface area contributed by atoms with Gasteiger partial charge in [0, 0.05) is 12.7 Å². The van der Waals surface area contributed by atoms with Crippen LogP contribution in [0.25, 0.3) is 11.7 Å². The van der Waals surface area contributed by atoms with Crippen LogP contribution < -0.4 is 10.9 Å². The van der Waals surface area contributed by atoms with Crippen LogP contribution in [0.15, 0.2) is 46.8 Å². The maximum Gasteiger partial charge on any atom is 0.267 e. The van der Waals surface area contributed by atoms with E-state index in [0.717, 1.165) is 11.8 Å². The van der Waals surface area contributed by atoms with E-state index in [1.165, 1.54) is 15.4 Å². The van der Waals surface area contributed by atoms with Gasteiger partial charge in [-0.25, -0.2) is 13.4 Å². The van der Waals surface area contributed by atoms with Gasteiger partial charge in [0.25, 0.3) is 11.5 Å². The average Bonchev–Trinajstić information content (AvgIpc) is 3.20. The Kier molecular flexibility index (Phi) is 5.51. The lowest BCUT2D eigenvalue weighted by atomic mass is 10.2. The fourth-order valence-electron chi connectivity index (χ4n) is 3.44. The third-order valence-electron chi connectivity index (χ3n) is 4.86. The summed E-state index contributed by atoms with van der Waals surface area (Å²) in [6.07, 6.45) is 5.07. The summed E-state index contributed by atoms with van der Waals surface area (Å²) in [6, 6.07) is 4.74. The number of nitrogens with zero attached hydrogens (tertiary/aromatic N) is 3. The van der Waals surface area contributed by atoms with Crippen molar-refractivity contribution >= 4 is 61.6 Å². The summed E-state index contributed by atoms with van der Waals surface area (Å²) in [4.78, 5) is 32.2. The molecule has 1 amide bonds. The Morgan fingerprint density at radius 1 is 1.37 bits per heavy atom. The topological polar surface area (TPSA) is 101 Å². The number of rotatable bonds is 5. The molecule has 0 aliphatic carbocycles. The van der Waals surface area contributed by atoms with Crippen LogP contribution in [0.3, 0.4) is 0 Å². The highest BCUT2D eigenvalue weighted by molar-refractivity contribution is 8.26. The molecular weight excluding hydrogens is 444 g/mol. The standard InChI is InChI=1S/C19H18N4O4S3/c1-2-7-20-16-13(17(24)22-8-4-3-5-15(22)21-16)10-14-18(25)23(19(28)29-14)12-6-9-30(26,27)11-12/h2-5,8,10,12,20H,1,6-7,9,11H2/b14-10+. The van der Waals surface area contributed by atoms with Crippen LogP contribution in [0.4, 0.5) is 5.82 Å². The highest BCUT2D eigenvalue weighted by Crippen LogP contribution is 2.36. The molecule has 2 fully saturated rings. The lowest BCUT2D eigenvalue weighted by molar-refractivity contribution is -0.123. The first-order valence-corrected chi connectivity index (χ1v) is 12.2. The molecular formula is C19H18N4O4S3. The molecule has 2 aromatic heterocycles. The van der Waals surface area contributed by atoms with Crippen LogP contribution in [-0.4, -0.2) is 57.0 Å². The van der Waals surface area contributed by atoms with E-state index in [-0.39, 0.29) is 33.4 Å². The predicted molar refractivity (Wildman–Crippen MR) is 122 cm³/mol. The summed E-state index contributed by atoms with van der Waals surface area (Å²) in [5.41, 5.74) is 0.357. The molecule has 0 bridgehead atoms. The number of carbonyl (C=O) groups excluding carboxylic acids is 1. The summed E-state index contributed by atoms with van der Waals surface area (Å²) in [5, 5.41) is 3.04. The van der Waals surface area contributed by atoms with Crippen LogP contribution in [0, 0.1) is 0 Å². The Balaban J connectivity index is 1.76. The third kappa shape index (κ3) is 3.80. The summed E-state index contributed by atoms with van der Waals surface area (Å²) in [6.45, 7) is 4.05. The average molecular weight is 463 g/mol. The lowest BCUT2D eigenvalue weighted by Crippen LogP contribution is -2.39. The number of hydrogen-bond donors (Lipinski definition) is 1. The van der Waals surface area contributed by atoms with Gasteiger partial charge in [0.05, 0.1) is 28.0 Å². The van der Waals surface area contributed by atoms with Gasteiger partial charge in [-0.05, 0) is 24.6 Å². The number of aromatic nitrogens is 2. The number of amides is 1. The minimum atomic E-state index is -3.17. The number of anilines is 1. The predicted octanol–water partition coefficient (Wildman–Crippen LogP) is 1.68. The minimum absolute atomic E-state index is 0.0410. The van der Waals surface area contributed by atoms with Crippen molar-refractivity contribution in [1.29, 1.82) is 0 Å². The number of nitrogens with one attached hydrogen (secondary N) is 1. The Hall–Kier alpha value is -2.50. The second kappa shape index (κ2) is 7.97. The molecule has 156 valence electrons.